The molecule has 144 valence electrons. The van der Waals surface area contributed by atoms with Crippen LogP contribution in [-0.4, -0.2) is 31.4 Å². The highest BCUT2D eigenvalue weighted by atomic mass is 28.3. The Morgan fingerprint density at radius 1 is 1.24 bits per heavy atom. The number of rotatable bonds is 8. The molecule has 0 aromatic rings. The highest BCUT2D eigenvalue weighted by Gasteiger charge is 2.36. The topological polar surface area (TPSA) is 46.5 Å². The summed E-state index contributed by atoms with van der Waals surface area (Å²) in [6.07, 6.45) is 8.84. The van der Waals surface area contributed by atoms with Crippen LogP contribution in [0.1, 0.15) is 66.2 Å². The van der Waals surface area contributed by atoms with Crippen LogP contribution < -0.4 is 0 Å². The van der Waals surface area contributed by atoms with Crippen LogP contribution >= 0.6 is 0 Å². The number of aliphatic hydroxyl groups excluding tert-OH is 1. The molecule has 4 heteroatoms. The Bertz CT molecular complexity index is 518. The first-order valence-electron chi connectivity index (χ1n) is 9.78. The minimum absolute atomic E-state index is 0.0698. The summed E-state index contributed by atoms with van der Waals surface area (Å²) in [5.41, 5.74) is 1.51. The molecular formula is C21H38O3Si. The van der Waals surface area contributed by atoms with E-state index >= 15 is 0 Å². The van der Waals surface area contributed by atoms with Crippen LogP contribution in [0.5, 0.6) is 0 Å². The fraction of sp³-hybridized carbons (Fsp3) is 0.762. The van der Waals surface area contributed by atoms with Crippen LogP contribution in [0.25, 0.3) is 0 Å². The van der Waals surface area contributed by atoms with Crippen LogP contribution in [0.2, 0.25) is 19.6 Å². The molecule has 1 atom stereocenters. The molecule has 0 saturated carbocycles. The summed E-state index contributed by atoms with van der Waals surface area (Å²) in [4.78, 5) is 12.9. The number of ether oxygens (including phenoxy) is 1. The summed E-state index contributed by atoms with van der Waals surface area (Å²) < 4.78 is 5.69. The van der Waals surface area contributed by atoms with E-state index in [4.69, 9.17) is 4.74 Å². The van der Waals surface area contributed by atoms with E-state index in [1.165, 1.54) is 30.0 Å². The van der Waals surface area contributed by atoms with Gasteiger partial charge in [0.1, 0.15) is 5.60 Å². The van der Waals surface area contributed by atoms with E-state index in [0.29, 0.717) is 0 Å². The van der Waals surface area contributed by atoms with Gasteiger partial charge in [-0.05, 0) is 46.1 Å². The second-order valence-electron chi connectivity index (χ2n) is 9.28. The molecule has 0 aromatic carbocycles. The van der Waals surface area contributed by atoms with Crippen molar-refractivity contribution in [3.8, 4) is 0 Å². The van der Waals surface area contributed by atoms with Crippen LogP contribution in [0.4, 0.5) is 0 Å². The second kappa shape index (κ2) is 9.18. The molecule has 0 aromatic heterocycles. The molecule has 0 heterocycles. The normalized spacial score (nSPS) is 19.0. The Morgan fingerprint density at radius 3 is 2.36 bits per heavy atom. The molecule has 1 unspecified atom stereocenters. The minimum atomic E-state index is -1.74. The van der Waals surface area contributed by atoms with Gasteiger partial charge in [-0.1, -0.05) is 56.6 Å². The predicted molar refractivity (Wildman–Crippen MR) is 108 cm³/mol. The van der Waals surface area contributed by atoms with Gasteiger partial charge in [-0.2, -0.15) is 0 Å². The monoisotopic (exact) mass is 366 g/mol. The molecule has 0 fully saturated rings. The highest BCUT2D eigenvalue weighted by molar-refractivity contribution is 6.83. The molecule has 1 rings (SSSR count). The summed E-state index contributed by atoms with van der Waals surface area (Å²) in [7, 11) is -1.74. The SMILES string of the molecule is CCCCCCC1=CC(C(=O)OC(C)(C)C)=C([Si](C)(C)C)C(CO)C1. The average Bonchev–Trinajstić information content (AvgIpc) is 2.47. The van der Waals surface area contributed by atoms with E-state index < -0.39 is 13.7 Å². The Morgan fingerprint density at radius 2 is 1.88 bits per heavy atom. The summed E-state index contributed by atoms with van der Waals surface area (Å²) in [5, 5.41) is 11.2. The Hall–Kier alpha value is -0.873. The molecule has 0 saturated heterocycles. The lowest BCUT2D eigenvalue weighted by Gasteiger charge is -2.34. The molecule has 1 aliphatic rings. The van der Waals surface area contributed by atoms with Crippen molar-refractivity contribution >= 4 is 14.0 Å². The van der Waals surface area contributed by atoms with Crippen molar-refractivity contribution in [1.82, 2.24) is 0 Å². The highest BCUT2D eigenvalue weighted by Crippen LogP contribution is 2.38. The smallest absolute Gasteiger partial charge is 0.338 e. The molecule has 25 heavy (non-hydrogen) atoms. The molecule has 0 amide bonds. The van der Waals surface area contributed by atoms with E-state index in [-0.39, 0.29) is 18.5 Å². The molecule has 1 N–H and O–H groups in total. The van der Waals surface area contributed by atoms with Gasteiger partial charge in [-0.15, -0.1) is 0 Å². The van der Waals surface area contributed by atoms with Gasteiger partial charge in [0.2, 0.25) is 0 Å². The van der Waals surface area contributed by atoms with Crippen LogP contribution in [-0.2, 0) is 9.53 Å². The summed E-state index contributed by atoms with van der Waals surface area (Å²) >= 11 is 0. The summed E-state index contributed by atoms with van der Waals surface area (Å²) in [6.45, 7) is 14.8. The first kappa shape index (κ1) is 22.2. The Kier molecular flexibility index (Phi) is 8.14. The van der Waals surface area contributed by atoms with Gasteiger partial charge in [0, 0.05) is 12.5 Å². The first-order chi connectivity index (χ1) is 11.5. The van der Waals surface area contributed by atoms with E-state index in [0.717, 1.165) is 24.8 Å². The molecule has 3 nitrogen and oxygen atoms in total. The maximum atomic E-state index is 12.9. The number of carbonyl (C=O) groups excluding carboxylic acids is 1. The van der Waals surface area contributed by atoms with Crippen molar-refractivity contribution in [2.24, 2.45) is 5.92 Å². The number of carbonyl (C=O) groups is 1. The quantitative estimate of drug-likeness (QED) is 0.355. The van der Waals surface area contributed by atoms with Gasteiger partial charge in [-0.3, -0.25) is 0 Å². The Labute approximate surface area is 155 Å². The second-order valence-corrected chi connectivity index (χ2v) is 14.3. The van der Waals surface area contributed by atoms with Crippen LogP contribution in [0.3, 0.4) is 0 Å². The number of unbranched alkanes of at least 4 members (excludes halogenated alkanes) is 3. The summed E-state index contributed by atoms with van der Waals surface area (Å²) in [5.74, 6) is -0.158. The lowest BCUT2D eigenvalue weighted by molar-refractivity contribution is -0.149. The van der Waals surface area contributed by atoms with E-state index in [1.54, 1.807) is 0 Å². The number of aliphatic hydroxyl groups is 1. The molecule has 0 aliphatic heterocycles. The zero-order chi connectivity index (χ0) is 19.3. The van der Waals surface area contributed by atoms with Crippen molar-refractivity contribution in [3.63, 3.8) is 0 Å². The number of allylic oxidation sites excluding steroid dienone is 1. The third-order valence-corrected chi connectivity index (χ3v) is 6.85. The van der Waals surface area contributed by atoms with Gasteiger partial charge in [-0.25, -0.2) is 4.79 Å². The van der Waals surface area contributed by atoms with Gasteiger partial charge in [0.25, 0.3) is 0 Å². The molecule has 0 bridgehead atoms. The van der Waals surface area contributed by atoms with Crippen molar-refractivity contribution in [1.29, 1.82) is 0 Å². The Balaban J connectivity index is 3.18. The molecular weight excluding hydrogens is 328 g/mol. The maximum absolute atomic E-state index is 12.9. The van der Waals surface area contributed by atoms with Gasteiger partial charge in [0.05, 0.1) is 13.6 Å². The molecule has 0 radical (unpaired) electrons. The van der Waals surface area contributed by atoms with Crippen molar-refractivity contribution in [2.75, 3.05) is 6.61 Å². The van der Waals surface area contributed by atoms with Crippen LogP contribution in [0.15, 0.2) is 22.4 Å². The van der Waals surface area contributed by atoms with Crippen molar-refractivity contribution in [3.05, 3.63) is 22.4 Å². The van der Waals surface area contributed by atoms with Crippen molar-refractivity contribution in [2.45, 2.75) is 91.5 Å². The predicted octanol–water partition coefficient (Wildman–Crippen LogP) is 5.41. The maximum Gasteiger partial charge on any atom is 0.338 e. The third kappa shape index (κ3) is 7.10. The van der Waals surface area contributed by atoms with Gasteiger partial charge < -0.3 is 9.84 Å². The third-order valence-electron chi connectivity index (χ3n) is 4.55. The number of esters is 1. The van der Waals surface area contributed by atoms with Gasteiger partial charge in [0.15, 0.2) is 0 Å². The zero-order valence-electron chi connectivity index (χ0n) is 17.4. The fourth-order valence-electron chi connectivity index (χ4n) is 3.61. The van der Waals surface area contributed by atoms with E-state index in [2.05, 4.69) is 32.6 Å². The van der Waals surface area contributed by atoms with Crippen LogP contribution in [0, 0.1) is 5.92 Å². The lowest BCUT2D eigenvalue weighted by atomic mass is 9.87. The van der Waals surface area contributed by atoms with Crippen molar-refractivity contribution < 1.29 is 14.6 Å². The zero-order valence-corrected chi connectivity index (χ0v) is 18.4. The molecule has 1 aliphatic carbocycles. The largest absolute Gasteiger partial charge is 0.456 e. The number of hydrogen-bond acceptors (Lipinski definition) is 3. The van der Waals surface area contributed by atoms with E-state index in [9.17, 15) is 9.90 Å². The number of hydrogen-bond donors (Lipinski definition) is 1. The first-order valence-corrected chi connectivity index (χ1v) is 13.3. The van der Waals surface area contributed by atoms with E-state index in [1.807, 2.05) is 20.8 Å². The van der Waals surface area contributed by atoms with Gasteiger partial charge >= 0.3 is 5.97 Å². The molecule has 0 spiro atoms. The average molecular weight is 367 g/mol. The summed E-state index contributed by atoms with van der Waals surface area (Å²) in [6, 6.07) is 0. The standard InChI is InChI=1S/C21H38O3Si/c1-8-9-10-11-12-16-13-17(15-22)19(25(5,6)7)18(14-16)20(23)24-21(2,3)4/h14,17,22H,8-13,15H2,1-7H3. The lowest BCUT2D eigenvalue weighted by Crippen LogP contribution is -2.37. The fourth-order valence-corrected chi connectivity index (χ4v) is 6.01. The minimum Gasteiger partial charge on any atom is -0.456 e.